The van der Waals surface area contributed by atoms with Gasteiger partial charge in [0.15, 0.2) is 5.60 Å². The van der Waals surface area contributed by atoms with E-state index < -0.39 is 11.5 Å². The molecule has 0 heterocycles. The molecule has 0 aliphatic carbocycles. The lowest BCUT2D eigenvalue weighted by atomic mass is 9.85. The minimum absolute atomic E-state index is 0.115. The van der Waals surface area contributed by atoms with E-state index in [-0.39, 0.29) is 12.4 Å². The highest BCUT2D eigenvalue weighted by Gasteiger charge is 2.39. The fourth-order valence-electron chi connectivity index (χ4n) is 3.52. The van der Waals surface area contributed by atoms with Crippen LogP contribution in [0.4, 0.5) is 4.39 Å². The van der Waals surface area contributed by atoms with E-state index in [0.29, 0.717) is 22.4 Å². The lowest BCUT2D eigenvalue weighted by molar-refractivity contribution is -0.136. The smallest absolute Gasteiger partial charge is 0.281 e. The van der Waals surface area contributed by atoms with Gasteiger partial charge in [0.1, 0.15) is 18.2 Å². The van der Waals surface area contributed by atoms with E-state index in [2.05, 4.69) is 33.1 Å². The normalized spacial score (nSPS) is 11.4. The predicted molar refractivity (Wildman–Crippen MR) is 142 cm³/mol. The first-order chi connectivity index (χ1) is 17.0. The highest BCUT2D eigenvalue weighted by atomic mass is 127. The molecule has 0 unspecified atom stereocenters. The maximum Gasteiger partial charge on any atom is 0.281 e. The molecule has 1 amide bonds. The Morgan fingerprint density at radius 1 is 0.943 bits per heavy atom. The average molecular weight is 580 g/mol. The van der Waals surface area contributed by atoms with Crippen molar-refractivity contribution in [2.75, 3.05) is 0 Å². The van der Waals surface area contributed by atoms with Crippen LogP contribution in [-0.2, 0) is 17.0 Å². The second-order valence-corrected chi connectivity index (χ2v) is 8.87. The highest BCUT2D eigenvalue weighted by Crippen LogP contribution is 2.30. The summed E-state index contributed by atoms with van der Waals surface area (Å²) in [7, 11) is 0. The van der Waals surface area contributed by atoms with E-state index in [1.54, 1.807) is 78.9 Å². The van der Waals surface area contributed by atoms with Crippen LogP contribution >= 0.6 is 22.6 Å². The third kappa shape index (κ3) is 5.75. The first-order valence-corrected chi connectivity index (χ1v) is 11.9. The molecule has 0 atom stereocenters. The molecule has 0 radical (unpaired) electrons. The molecule has 0 saturated heterocycles. The van der Waals surface area contributed by atoms with Crippen molar-refractivity contribution in [3.63, 3.8) is 0 Å². The minimum Gasteiger partial charge on any atom is -0.488 e. The molecule has 4 aromatic rings. The molecule has 0 aromatic heterocycles. The number of aliphatic hydroxyl groups is 1. The van der Waals surface area contributed by atoms with Crippen LogP contribution in [0.3, 0.4) is 0 Å². The number of hydrogen-bond acceptors (Lipinski definition) is 4. The van der Waals surface area contributed by atoms with Gasteiger partial charge >= 0.3 is 0 Å². The first-order valence-electron chi connectivity index (χ1n) is 10.8. The molecule has 0 spiro atoms. The fraction of sp³-hybridized carbons (Fsp3) is 0.0714. The Hall–Kier alpha value is -3.56. The van der Waals surface area contributed by atoms with Crippen LogP contribution in [0.2, 0.25) is 0 Å². The van der Waals surface area contributed by atoms with Gasteiger partial charge in [-0.15, -0.1) is 0 Å². The van der Waals surface area contributed by atoms with Gasteiger partial charge in [0.25, 0.3) is 5.91 Å². The van der Waals surface area contributed by atoms with Gasteiger partial charge in [0.05, 0.1) is 9.78 Å². The SMILES string of the molecule is O=C(N/N=C/c1ccc(OCc2ccccc2F)c(I)c1)C(O)(c1ccccc1)c1ccccc1. The van der Waals surface area contributed by atoms with E-state index in [9.17, 15) is 14.3 Å². The summed E-state index contributed by atoms with van der Waals surface area (Å²) in [6, 6.07) is 29.3. The predicted octanol–water partition coefficient (Wildman–Crippen LogP) is 5.40. The molecule has 35 heavy (non-hydrogen) atoms. The van der Waals surface area contributed by atoms with Crippen LogP contribution in [0, 0.1) is 9.39 Å². The monoisotopic (exact) mass is 580 g/mol. The Balaban J connectivity index is 1.46. The van der Waals surface area contributed by atoms with Crippen LogP contribution in [0.5, 0.6) is 5.75 Å². The van der Waals surface area contributed by atoms with Gasteiger partial charge in [-0.3, -0.25) is 4.79 Å². The molecule has 0 saturated carbocycles. The van der Waals surface area contributed by atoms with E-state index in [1.165, 1.54) is 12.3 Å². The van der Waals surface area contributed by atoms with Crippen LogP contribution in [-0.4, -0.2) is 17.2 Å². The Labute approximate surface area is 216 Å². The number of hydrazone groups is 1. The molecule has 5 nitrogen and oxygen atoms in total. The van der Waals surface area contributed by atoms with Crippen molar-refractivity contribution in [2.45, 2.75) is 12.2 Å². The average Bonchev–Trinajstić information content (AvgIpc) is 2.89. The molecule has 4 rings (SSSR count). The number of nitrogens with one attached hydrogen (secondary N) is 1. The zero-order chi connectivity index (χ0) is 24.7. The van der Waals surface area contributed by atoms with Gasteiger partial charge in [0.2, 0.25) is 0 Å². The molecule has 0 fully saturated rings. The summed E-state index contributed by atoms with van der Waals surface area (Å²) in [6.45, 7) is 0.115. The quantitative estimate of drug-likeness (QED) is 0.167. The molecule has 0 aliphatic rings. The van der Waals surface area contributed by atoms with Gasteiger partial charge in [-0.05, 0) is 63.5 Å². The van der Waals surface area contributed by atoms with Crippen molar-refractivity contribution < 1.29 is 19.0 Å². The number of hydrogen-bond donors (Lipinski definition) is 2. The lowest BCUT2D eigenvalue weighted by Crippen LogP contribution is -2.43. The molecule has 4 aromatic carbocycles. The lowest BCUT2D eigenvalue weighted by Gasteiger charge is -2.27. The standard InChI is InChI=1S/C28H22FIN2O3/c29-24-14-8-7-9-21(24)19-35-26-16-15-20(17-25(26)30)18-31-32-27(33)28(34,22-10-3-1-4-11-22)23-12-5-2-6-13-23/h1-18,34H,19H2,(H,32,33)/b31-18+. The minimum atomic E-state index is -1.90. The zero-order valence-corrected chi connectivity index (χ0v) is 20.7. The van der Waals surface area contributed by atoms with Gasteiger partial charge in [-0.25, -0.2) is 9.82 Å². The fourth-order valence-corrected chi connectivity index (χ4v) is 4.21. The molecular weight excluding hydrogens is 558 g/mol. The van der Waals surface area contributed by atoms with Crippen LogP contribution in [0.25, 0.3) is 0 Å². The number of ether oxygens (including phenoxy) is 1. The molecule has 2 N–H and O–H groups in total. The number of carbonyl (C=O) groups is 1. The summed E-state index contributed by atoms with van der Waals surface area (Å²) in [4.78, 5) is 13.1. The van der Waals surface area contributed by atoms with E-state index in [0.717, 1.165) is 9.13 Å². The third-order valence-corrected chi connectivity index (χ3v) is 6.23. The Morgan fingerprint density at radius 3 is 2.14 bits per heavy atom. The van der Waals surface area contributed by atoms with Crippen molar-refractivity contribution in [3.05, 3.63) is 135 Å². The van der Waals surface area contributed by atoms with Gasteiger partial charge in [0, 0.05) is 5.56 Å². The highest BCUT2D eigenvalue weighted by molar-refractivity contribution is 14.1. The number of nitrogens with zero attached hydrogens (tertiary/aromatic N) is 1. The van der Waals surface area contributed by atoms with Crippen molar-refractivity contribution in [3.8, 4) is 5.75 Å². The number of carbonyl (C=O) groups excluding carboxylic acids is 1. The van der Waals surface area contributed by atoms with Crippen LogP contribution in [0.1, 0.15) is 22.3 Å². The van der Waals surface area contributed by atoms with E-state index >= 15 is 0 Å². The maximum atomic E-state index is 13.8. The summed E-state index contributed by atoms with van der Waals surface area (Å²) >= 11 is 2.12. The molecule has 176 valence electrons. The van der Waals surface area contributed by atoms with Crippen molar-refractivity contribution >= 4 is 34.7 Å². The van der Waals surface area contributed by atoms with Crippen molar-refractivity contribution in [1.29, 1.82) is 0 Å². The number of halogens is 2. The summed E-state index contributed by atoms with van der Waals surface area (Å²) in [5.74, 6) is -0.378. The first kappa shape index (κ1) is 24.6. The summed E-state index contributed by atoms with van der Waals surface area (Å²) in [6.07, 6.45) is 1.48. The maximum absolute atomic E-state index is 13.8. The Bertz CT molecular complexity index is 1290. The zero-order valence-electron chi connectivity index (χ0n) is 18.6. The molecular formula is C28H22FIN2O3. The number of amides is 1. The van der Waals surface area contributed by atoms with E-state index in [4.69, 9.17) is 4.74 Å². The van der Waals surface area contributed by atoms with Crippen molar-refractivity contribution in [2.24, 2.45) is 5.10 Å². The van der Waals surface area contributed by atoms with Gasteiger partial charge in [-0.1, -0.05) is 78.9 Å². The molecule has 7 heteroatoms. The van der Waals surface area contributed by atoms with Crippen molar-refractivity contribution in [1.82, 2.24) is 5.43 Å². The van der Waals surface area contributed by atoms with E-state index in [1.807, 2.05) is 18.2 Å². The summed E-state index contributed by atoms with van der Waals surface area (Å²) in [5, 5.41) is 15.5. The topological polar surface area (TPSA) is 70.9 Å². The Morgan fingerprint density at radius 2 is 1.54 bits per heavy atom. The number of rotatable bonds is 8. The van der Waals surface area contributed by atoms with Gasteiger partial charge < -0.3 is 9.84 Å². The number of benzene rings is 4. The van der Waals surface area contributed by atoms with Crippen LogP contribution in [0.15, 0.2) is 108 Å². The second kappa shape index (κ2) is 11.2. The largest absolute Gasteiger partial charge is 0.488 e. The third-order valence-electron chi connectivity index (χ3n) is 5.39. The second-order valence-electron chi connectivity index (χ2n) is 7.71. The van der Waals surface area contributed by atoms with Gasteiger partial charge in [-0.2, -0.15) is 5.10 Å². The molecule has 0 bridgehead atoms. The van der Waals surface area contributed by atoms with Crippen LogP contribution < -0.4 is 10.2 Å². The summed E-state index contributed by atoms with van der Waals surface area (Å²) in [5.41, 5.74) is 2.62. The Kier molecular flexibility index (Phi) is 7.89. The summed E-state index contributed by atoms with van der Waals surface area (Å²) < 4.78 is 20.4. The molecule has 0 aliphatic heterocycles.